The Labute approximate surface area is 168 Å². The van der Waals surface area contributed by atoms with Gasteiger partial charge in [0.2, 0.25) is 0 Å². The molecule has 1 aromatic heterocycles. The summed E-state index contributed by atoms with van der Waals surface area (Å²) < 4.78 is 27.2. The number of nitrogens with one attached hydrogen (secondary N) is 2. The van der Waals surface area contributed by atoms with Crippen molar-refractivity contribution in [1.29, 1.82) is 0 Å². The second kappa shape index (κ2) is 7.37. The second-order valence-corrected chi connectivity index (χ2v) is 8.53. The number of aromatic nitrogens is 3. The molecule has 9 heteroatoms. The van der Waals surface area contributed by atoms with Crippen LogP contribution in [0.2, 0.25) is 0 Å². The van der Waals surface area contributed by atoms with Gasteiger partial charge in [0.25, 0.3) is 0 Å². The van der Waals surface area contributed by atoms with Gasteiger partial charge in [-0.3, -0.25) is 10.00 Å². The maximum atomic E-state index is 13.6. The molecule has 0 radical (unpaired) electrons. The molecule has 29 heavy (non-hydrogen) atoms. The molecule has 2 aromatic rings. The van der Waals surface area contributed by atoms with Crippen LogP contribution in [0.4, 0.5) is 13.6 Å². The number of aromatic amines is 1. The van der Waals surface area contributed by atoms with Crippen LogP contribution in [0.3, 0.4) is 0 Å². The molecule has 2 N–H and O–H groups in total. The average molecular weight is 404 g/mol. The maximum Gasteiger partial charge on any atom is 0.317 e. The third-order valence-electron chi connectivity index (χ3n) is 5.75. The third kappa shape index (κ3) is 3.83. The number of carbonyl (C=O) groups excluding carboxylic acids is 1. The molecular formula is C20H26F2N6O. The van der Waals surface area contributed by atoms with Crippen LogP contribution in [0.15, 0.2) is 18.2 Å². The van der Waals surface area contributed by atoms with Crippen LogP contribution in [0.25, 0.3) is 0 Å². The summed E-state index contributed by atoms with van der Waals surface area (Å²) in [5, 5.41) is 10.3. The highest BCUT2D eigenvalue weighted by molar-refractivity contribution is 5.75. The molecule has 0 aliphatic carbocycles. The van der Waals surface area contributed by atoms with E-state index in [-0.39, 0.29) is 18.0 Å². The number of nitrogens with zero attached hydrogens (tertiary/aromatic N) is 4. The molecule has 3 heterocycles. The fraction of sp³-hybridized carbons (Fsp3) is 0.550. The van der Waals surface area contributed by atoms with Crippen molar-refractivity contribution in [2.75, 3.05) is 26.2 Å². The van der Waals surface area contributed by atoms with E-state index in [1.807, 2.05) is 25.7 Å². The number of aryl methyl sites for hydroxylation is 1. The van der Waals surface area contributed by atoms with E-state index in [0.29, 0.717) is 44.1 Å². The molecule has 2 aliphatic rings. The minimum absolute atomic E-state index is 0.0593. The Hall–Kier alpha value is -2.55. The summed E-state index contributed by atoms with van der Waals surface area (Å²) in [5.41, 5.74) is 0.198. The average Bonchev–Trinajstić information content (AvgIpc) is 3.25. The van der Waals surface area contributed by atoms with E-state index in [2.05, 4.69) is 25.4 Å². The standard InChI is InChI=1S/C20H26F2N6O/c1-12(2)23-19(29)28-9-15-8-27(7-14-4-16(21)6-17(22)5-14)10-20(15,11-28)18-24-13(3)25-26-18/h4-6,12,15H,7-11H2,1-3H3,(H,23,29)(H,24,25,26)/t15-,20-/m1/s1. The number of urea groups is 1. The van der Waals surface area contributed by atoms with Crippen LogP contribution < -0.4 is 5.32 Å². The van der Waals surface area contributed by atoms with Gasteiger partial charge in [-0.15, -0.1) is 0 Å². The second-order valence-electron chi connectivity index (χ2n) is 8.53. The number of rotatable bonds is 4. The zero-order valence-corrected chi connectivity index (χ0v) is 16.9. The summed E-state index contributed by atoms with van der Waals surface area (Å²) in [4.78, 5) is 21.2. The van der Waals surface area contributed by atoms with Gasteiger partial charge in [-0.2, -0.15) is 5.10 Å². The molecular weight excluding hydrogens is 378 g/mol. The van der Waals surface area contributed by atoms with Gasteiger partial charge in [-0.1, -0.05) is 0 Å². The number of H-pyrrole nitrogens is 1. The van der Waals surface area contributed by atoms with Gasteiger partial charge in [-0.05, 0) is 38.5 Å². The number of benzene rings is 1. The van der Waals surface area contributed by atoms with Gasteiger partial charge in [-0.25, -0.2) is 18.6 Å². The number of likely N-dealkylation sites (tertiary alicyclic amines) is 2. The summed E-state index contributed by atoms with van der Waals surface area (Å²) in [6.45, 7) is 8.60. The topological polar surface area (TPSA) is 77.2 Å². The number of hydrogen-bond acceptors (Lipinski definition) is 4. The number of halogens is 2. The fourth-order valence-corrected chi connectivity index (χ4v) is 4.63. The lowest BCUT2D eigenvalue weighted by Gasteiger charge is -2.27. The molecule has 0 bridgehead atoms. The Kier molecular flexibility index (Phi) is 5.02. The first-order chi connectivity index (χ1) is 13.7. The van der Waals surface area contributed by atoms with E-state index in [4.69, 9.17) is 0 Å². The Morgan fingerprint density at radius 2 is 2.00 bits per heavy atom. The smallest absolute Gasteiger partial charge is 0.317 e. The highest BCUT2D eigenvalue weighted by Gasteiger charge is 2.56. The van der Waals surface area contributed by atoms with Crippen molar-refractivity contribution in [3.63, 3.8) is 0 Å². The third-order valence-corrected chi connectivity index (χ3v) is 5.75. The summed E-state index contributed by atoms with van der Waals surface area (Å²) in [7, 11) is 0. The minimum Gasteiger partial charge on any atom is -0.336 e. The molecule has 0 saturated carbocycles. The number of carbonyl (C=O) groups is 1. The fourth-order valence-electron chi connectivity index (χ4n) is 4.63. The molecule has 2 atom stereocenters. The van der Waals surface area contributed by atoms with Crippen LogP contribution >= 0.6 is 0 Å². The van der Waals surface area contributed by atoms with Crippen molar-refractivity contribution in [2.45, 2.75) is 38.8 Å². The highest BCUT2D eigenvalue weighted by atomic mass is 19.1. The number of hydrogen-bond donors (Lipinski definition) is 2. The Morgan fingerprint density at radius 1 is 1.28 bits per heavy atom. The quantitative estimate of drug-likeness (QED) is 0.819. The van der Waals surface area contributed by atoms with Crippen molar-refractivity contribution in [3.8, 4) is 0 Å². The molecule has 1 aromatic carbocycles. The van der Waals surface area contributed by atoms with Gasteiger partial charge in [0.15, 0.2) is 5.82 Å². The van der Waals surface area contributed by atoms with Crippen LogP contribution in [0.1, 0.15) is 31.1 Å². The lowest BCUT2D eigenvalue weighted by molar-refractivity contribution is 0.194. The van der Waals surface area contributed by atoms with Crippen LogP contribution in [0.5, 0.6) is 0 Å². The Morgan fingerprint density at radius 3 is 2.62 bits per heavy atom. The molecule has 4 rings (SSSR count). The normalized spacial score (nSPS) is 24.3. The lowest BCUT2D eigenvalue weighted by Crippen LogP contribution is -2.45. The van der Waals surface area contributed by atoms with Gasteiger partial charge in [0.05, 0.1) is 5.41 Å². The summed E-state index contributed by atoms with van der Waals surface area (Å²) in [6, 6.07) is 3.58. The number of amides is 2. The van der Waals surface area contributed by atoms with Gasteiger partial charge in [0, 0.05) is 50.7 Å². The van der Waals surface area contributed by atoms with E-state index in [1.54, 1.807) is 0 Å². The van der Waals surface area contributed by atoms with Crippen molar-refractivity contribution in [3.05, 3.63) is 47.0 Å². The molecule has 2 aliphatic heterocycles. The Bertz CT molecular complexity index is 896. The predicted octanol–water partition coefficient (Wildman–Crippen LogP) is 2.19. The van der Waals surface area contributed by atoms with Crippen molar-refractivity contribution in [1.82, 2.24) is 30.3 Å². The van der Waals surface area contributed by atoms with Crippen LogP contribution in [-0.2, 0) is 12.0 Å². The first kappa shape index (κ1) is 19.8. The monoisotopic (exact) mass is 404 g/mol. The molecule has 2 fully saturated rings. The molecule has 0 unspecified atom stereocenters. The van der Waals surface area contributed by atoms with E-state index in [9.17, 15) is 13.6 Å². The molecule has 2 amide bonds. The van der Waals surface area contributed by atoms with Gasteiger partial charge < -0.3 is 10.2 Å². The largest absolute Gasteiger partial charge is 0.336 e. The van der Waals surface area contributed by atoms with E-state index in [1.165, 1.54) is 12.1 Å². The molecule has 0 spiro atoms. The summed E-state index contributed by atoms with van der Waals surface area (Å²) in [6.07, 6.45) is 0. The first-order valence-corrected chi connectivity index (χ1v) is 9.87. The van der Waals surface area contributed by atoms with E-state index < -0.39 is 17.0 Å². The van der Waals surface area contributed by atoms with Crippen molar-refractivity contribution in [2.24, 2.45) is 5.92 Å². The predicted molar refractivity (Wildman–Crippen MR) is 103 cm³/mol. The lowest BCUT2D eigenvalue weighted by atomic mass is 9.80. The molecule has 2 saturated heterocycles. The van der Waals surface area contributed by atoms with E-state index in [0.717, 1.165) is 11.9 Å². The molecule has 7 nitrogen and oxygen atoms in total. The summed E-state index contributed by atoms with van der Waals surface area (Å²) >= 11 is 0. The van der Waals surface area contributed by atoms with Crippen molar-refractivity contribution < 1.29 is 13.6 Å². The zero-order valence-electron chi connectivity index (χ0n) is 16.9. The van der Waals surface area contributed by atoms with Gasteiger partial charge >= 0.3 is 6.03 Å². The highest BCUT2D eigenvalue weighted by Crippen LogP contribution is 2.44. The summed E-state index contributed by atoms with van der Waals surface area (Å²) in [5.74, 6) is 0.427. The van der Waals surface area contributed by atoms with Crippen LogP contribution in [-0.4, -0.2) is 63.2 Å². The van der Waals surface area contributed by atoms with Crippen LogP contribution in [0, 0.1) is 24.5 Å². The Balaban J connectivity index is 1.57. The van der Waals surface area contributed by atoms with Gasteiger partial charge in [0.1, 0.15) is 17.5 Å². The minimum atomic E-state index is -0.574. The van der Waals surface area contributed by atoms with E-state index >= 15 is 0 Å². The molecule has 156 valence electrons. The van der Waals surface area contributed by atoms with Crippen molar-refractivity contribution >= 4 is 6.03 Å². The SMILES string of the molecule is Cc1nc([C@@]23CN(Cc4cc(F)cc(F)c4)C[C@@H]2CN(C(=O)NC(C)C)C3)n[nH]1. The zero-order chi connectivity index (χ0) is 20.8. The number of fused-ring (bicyclic) bond motifs is 1. The first-order valence-electron chi connectivity index (χ1n) is 9.87. The maximum absolute atomic E-state index is 13.6.